The summed E-state index contributed by atoms with van der Waals surface area (Å²) >= 11 is 0. The lowest BCUT2D eigenvalue weighted by molar-refractivity contribution is -0.145. The number of ether oxygens (including phenoxy) is 1. The normalized spacial score (nSPS) is 12.7. The molecule has 1 atom stereocenters. The van der Waals surface area contributed by atoms with Crippen molar-refractivity contribution in [2.24, 2.45) is 5.92 Å². The molecule has 1 aromatic rings. The number of benzene rings is 1. The molecular weight excluding hydrogens is 292 g/mol. The Kier molecular flexibility index (Phi) is 5.88. The number of nitrogens with zero attached hydrogens (tertiary/aromatic N) is 2. The second-order valence-corrected chi connectivity index (χ2v) is 6.46. The van der Waals surface area contributed by atoms with Gasteiger partial charge >= 0.3 is 5.97 Å². The van der Waals surface area contributed by atoms with Gasteiger partial charge in [0.1, 0.15) is 0 Å². The third-order valence-corrected chi connectivity index (χ3v) is 4.97. The maximum absolute atomic E-state index is 12.5. The van der Waals surface area contributed by atoms with Crippen LogP contribution in [0.5, 0.6) is 0 Å². The number of esters is 1. The summed E-state index contributed by atoms with van der Waals surface area (Å²) < 4.78 is 30.9. The van der Waals surface area contributed by atoms with Crippen LogP contribution in [0, 0.1) is 17.2 Å². The Bertz CT molecular complexity index is 649. The van der Waals surface area contributed by atoms with E-state index in [4.69, 9.17) is 5.26 Å². The van der Waals surface area contributed by atoms with E-state index in [0.29, 0.717) is 0 Å². The van der Waals surface area contributed by atoms with Gasteiger partial charge in [0.25, 0.3) is 0 Å². The van der Waals surface area contributed by atoms with Gasteiger partial charge in [0.2, 0.25) is 10.0 Å². The van der Waals surface area contributed by atoms with E-state index in [1.54, 1.807) is 13.8 Å². The molecule has 1 rings (SSSR count). The molecule has 0 aliphatic heterocycles. The van der Waals surface area contributed by atoms with Gasteiger partial charge in [0.15, 0.2) is 0 Å². The molecule has 21 heavy (non-hydrogen) atoms. The van der Waals surface area contributed by atoms with Gasteiger partial charge < -0.3 is 4.74 Å². The van der Waals surface area contributed by atoms with Gasteiger partial charge in [-0.15, -0.1) is 0 Å². The van der Waals surface area contributed by atoms with Crippen LogP contribution in [0.15, 0.2) is 29.2 Å². The smallest absolute Gasteiger partial charge is 0.309 e. The highest BCUT2D eigenvalue weighted by molar-refractivity contribution is 7.89. The van der Waals surface area contributed by atoms with Crippen molar-refractivity contribution in [3.63, 3.8) is 0 Å². The summed E-state index contributed by atoms with van der Waals surface area (Å²) in [6.07, 6.45) is 0. The van der Waals surface area contributed by atoms with Crippen LogP contribution in [0.25, 0.3) is 0 Å². The molecule has 0 saturated carbocycles. The van der Waals surface area contributed by atoms with Gasteiger partial charge in [0, 0.05) is 13.1 Å². The predicted octanol–water partition coefficient (Wildman–Crippen LogP) is 1.38. The highest BCUT2D eigenvalue weighted by Crippen LogP contribution is 2.18. The van der Waals surface area contributed by atoms with Crippen molar-refractivity contribution in [3.05, 3.63) is 29.8 Å². The molecule has 0 radical (unpaired) electrons. The van der Waals surface area contributed by atoms with E-state index in [-0.39, 0.29) is 23.5 Å². The van der Waals surface area contributed by atoms with Crippen LogP contribution in [0.3, 0.4) is 0 Å². The summed E-state index contributed by atoms with van der Waals surface area (Å²) in [5, 5.41) is 8.85. The minimum atomic E-state index is -3.75. The molecule has 114 valence electrons. The highest BCUT2D eigenvalue weighted by Gasteiger charge is 2.27. The maximum atomic E-state index is 12.5. The van der Waals surface area contributed by atoms with Crippen LogP contribution >= 0.6 is 0 Å². The first-order valence-corrected chi connectivity index (χ1v) is 7.89. The summed E-state index contributed by atoms with van der Waals surface area (Å²) in [7, 11) is -2.48. The lowest BCUT2D eigenvalue weighted by Crippen LogP contribution is -2.37. The molecule has 0 heterocycles. The lowest BCUT2D eigenvalue weighted by Gasteiger charge is -2.23. The second kappa shape index (κ2) is 7.20. The van der Waals surface area contributed by atoms with Crippen molar-refractivity contribution in [2.75, 3.05) is 20.2 Å². The van der Waals surface area contributed by atoms with Gasteiger partial charge in [-0.2, -0.15) is 9.57 Å². The molecule has 0 aliphatic rings. The minimum Gasteiger partial charge on any atom is -0.469 e. The van der Waals surface area contributed by atoms with Crippen LogP contribution in [0.4, 0.5) is 0 Å². The van der Waals surface area contributed by atoms with Gasteiger partial charge in [-0.25, -0.2) is 8.42 Å². The van der Waals surface area contributed by atoms with Crippen molar-refractivity contribution in [3.8, 4) is 6.07 Å². The zero-order valence-corrected chi connectivity index (χ0v) is 13.1. The largest absolute Gasteiger partial charge is 0.469 e. The average molecular weight is 310 g/mol. The predicted molar refractivity (Wildman–Crippen MR) is 76.8 cm³/mol. The van der Waals surface area contributed by atoms with Crippen LogP contribution in [0.2, 0.25) is 0 Å². The Morgan fingerprint density at radius 3 is 2.67 bits per heavy atom. The number of carbonyl (C=O) groups is 1. The van der Waals surface area contributed by atoms with Crippen LogP contribution < -0.4 is 0 Å². The fourth-order valence-corrected chi connectivity index (χ4v) is 3.44. The summed E-state index contributed by atoms with van der Waals surface area (Å²) in [5.41, 5.74) is 0.271. The van der Waals surface area contributed by atoms with Gasteiger partial charge in [-0.05, 0) is 18.2 Å². The number of sulfonamides is 1. The number of nitriles is 1. The summed E-state index contributed by atoms with van der Waals surface area (Å²) in [6.45, 7) is 3.55. The van der Waals surface area contributed by atoms with E-state index < -0.39 is 21.9 Å². The molecule has 0 N–H and O–H groups in total. The van der Waals surface area contributed by atoms with Crippen molar-refractivity contribution < 1.29 is 17.9 Å². The van der Waals surface area contributed by atoms with E-state index in [1.807, 2.05) is 6.07 Å². The first kappa shape index (κ1) is 17.1. The summed E-state index contributed by atoms with van der Waals surface area (Å²) in [5.74, 6) is -1.03. The highest BCUT2D eigenvalue weighted by atomic mass is 32.2. The molecule has 0 saturated heterocycles. The van der Waals surface area contributed by atoms with E-state index in [2.05, 4.69) is 4.74 Å². The number of hydrogen-bond donors (Lipinski definition) is 0. The van der Waals surface area contributed by atoms with E-state index in [9.17, 15) is 13.2 Å². The average Bonchev–Trinajstić information content (AvgIpc) is 2.51. The molecular formula is C14H18N2O4S. The Hall–Kier alpha value is -1.91. The molecule has 0 amide bonds. The first-order chi connectivity index (χ1) is 9.86. The Labute approximate surface area is 125 Å². The van der Waals surface area contributed by atoms with Crippen molar-refractivity contribution in [2.45, 2.75) is 18.7 Å². The Morgan fingerprint density at radius 2 is 2.14 bits per heavy atom. The van der Waals surface area contributed by atoms with Crippen LogP contribution in [0.1, 0.15) is 19.4 Å². The lowest BCUT2D eigenvalue weighted by atomic mass is 10.2. The molecule has 0 spiro atoms. The minimum absolute atomic E-state index is 0.0300. The van der Waals surface area contributed by atoms with Crippen molar-refractivity contribution in [1.82, 2.24) is 4.31 Å². The van der Waals surface area contributed by atoms with E-state index in [1.165, 1.54) is 35.7 Å². The fourth-order valence-electron chi connectivity index (χ4n) is 1.85. The molecule has 0 aliphatic carbocycles. The third kappa shape index (κ3) is 4.03. The number of hydrogen-bond acceptors (Lipinski definition) is 5. The Balaban J connectivity index is 3.08. The summed E-state index contributed by atoms with van der Waals surface area (Å²) in [6, 6.07) is 7.71. The third-order valence-electron chi connectivity index (χ3n) is 3.03. The van der Waals surface area contributed by atoms with Gasteiger partial charge in [-0.1, -0.05) is 19.9 Å². The maximum Gasteiger partial charge on any atom is 0.309 e. The van der Waals surface area contributed by atoms with Gasteiger partial charge in [0.05, 0.1) is 29.6 Å². The van der Waals surface area contributed by atoms with Crippen molar-refractivity contribution in [1.29, 1.82) is 5.26 Å². The SMILES string of the molecule is CCN(CC(C)C(=O)OC)S(=O)(=O)c1cccc(C#N)c1. The standard InChI is InChI=1S/C14H18N2O4S/c1-4-16(10-11(2)14(17)20-3)21(18,19)13-7-5-6-12(8-13)9-15/h5-8,11H,4,10H2,1-3H3. The Morgan fingerprint density at radius 1 is 1.48 bits per heavy atom. The van der Waals surface area contributed by atoms with E-state index >= 15 is 0 Å². The van der Waals surface area contributed by atoms with E-state index in [0.717, 1.165) is 0 Å². The zero-order chi connectivity index (χ0) is 16.0. The molecule has 0 fully saturated rings. The first-order valence-electron chi connectivity index (χ1n) is 6.45. The monoisotopic (exact) mass is 310 g/mol. The van der Waals surface area contributed by atoms with Crippen LogP contribution in [-0.4, -0.2) is 38.9 Å². The second-order valence-electron chi connectivity index (χ2n) is 4.52. The number of carbonyl (C=O) groups excluding carboxylic acids is 1. The molecule has 1 unspecified atom stereocenters. The quantitative estimate of drug-likeness (QED) is 0.741. The molecule has 6 nitrogen and oxygen atoms in total. The van der Waals surface area contributed by atoms with Crippen LogP contribution in [-0.2, 0) is 19.6 Å². The van der Waals surface area contributed by atoms with Gasteiger partial charge in [-0.3, -0.25) is 4.79 Å². The molecule has 0 aromatic heterocycles. The number of rotatable bonds is 6. The molecule has 1 aromatic carbocycles. The van der Waals surface area contributed by atoms with Crippen molar-refractivity contribution >= 4 is 16.0 Å². The topological polar surface area (TPSA) is 87.5 Å². The fraction of sp³-hybridized carbons (Fsp3) is 0.429. The number of methoxy groups -OCH3 is 1. The molecule has 0 bridgehead atoms. The zero-order valence-electron chi connectivity index (χ0n) is 12.2. The molecule has 7 heteroatoms. The summed E-state index contributed by atoms with van der Waals surface area (Å²) in [4.78, 5) is 11.5.